The number of alkyl halides is 3. The molecule has 0 bridgehead atoms. The van der Waals surface area contributed by atoms with Crippen molar-refractivity contribution in [3.8, 4) is 0 Å². The van der Waals surface area contributed by atoms with Crippen LogP contribution in [-0.4, -0.2) is 15.0 Å². The Balaban J connectivity index is 1.98. The van der Waals surface area contributed by atoms with Crippen LogP contribution in [0.3, 0.4) is 0 Å². The van der Waals surface area contributed by atoms with E-state index in [1.165, 1.54) is 6.33 Å². The van der Waals surface area contributed by atoms with E-state index < -0.39 is 11.9 Å². The molecule has 2 aromatic heterocycles. The lowest BCUT2D eigenvalue weighted by Gasteiger charge is -2.01. The lowest BCUT2D eigenvalue weighted by atomic mass is 10.5. The summed E-state index contributed by atoms with van der Waals surface area (Å²) in [7, 11) is 0. The van der Waals surface area contributed by atoms with Crippen LogP contribution in [-0.2, 0) is 12.7 Å². The van der Waals surface area contributed by atoms with Crippen molar-refractivity contribution in [3.63, 3.8) is 0 Å². The van der Waals surface area contributed by atoms with Crippen molar-refractivity contribution in [2.75, 3.05) is 5.32 Å². The van der Waals surface area contributed by atoms with Gasteiger partial charge in [-0.1, -0.05) is 0 Å². The number of thiazole rings is 1. The van der Waals surface area contributed by atoms with E-state index in [0.717, 1.165) is 22.4 Å². The fourth-order valence-corrected chi connectivity index (χ4v) is 1.75. The van der Waals surface area contributed by atoms with Gasteiger partial charge in [-0.25, -0.2) is 9.97 Å². The van der Waals surface area contributed by atoms with E-state index in [1.54, 1.807) is 6.20 Å². The Bertz CT molecular complexity index is 448. The molecule has 0 unspecified atom stereocenters. The van der Waals surface area contributed by atoms with E-state index in [1.807, 2.05) is 0 Å². The number of H-pyrrole nitrogens is 1. The number of imidazole rings is 1. The second kappa shape index (κ2) is 4.12. The number of anilines is 1. The average molecular weight is 248 g/mol. The van der Waals surface area contributed by atoms with Crippen molar-refractivity contribution in [2.24, 2.45) is 0 Å². The van der Waals surface area contributed by atoms with Crippen LogP contribution in [0.25, 0.3) is 0 Å². The smallest absolute Gasteiger partial charge is 0.356 e. The minimum Gasteiger partial charge on any atom is -0.356 e. The van der Waals surface area contributed by atoms with Crippen LogP contribution in [0, 0.1) is 0 Å². The predicted octanol–water partition coefficient (Wildman–Crippen LogP) is 2.50. The van der Waals surface area contributed by atoms with Gasteiger partial charge in [-0.15, -0.1) is 11.3 Å². The zero-order chi connectivity index (χ0) is 11.6. The molecule has 0 spiro atoms. The van der Waals surface area contributed by atoms with Gasteiger partial charge in [0.2, 0.25) is 0 Å². The van der Waals surface area contributed by atoms with Crippen LogP contribution in [0.4, 0.5) is 18.3 Å². The molecule has 0 saturated carbocycles. The molecule has 0 aliphatic heterocycles. The average Bonchev–Trinajstić information content (AvgIpc) is 2.85. The number of nitrogens with zero attached hydrogens (tertiary/aromatic N) is 2. The summed E-state index contributed by atoms with van der Waals surface area (Å²) in [6.45, 7) is 0.366. The first kappa shape index (κ1) is 10.9. The van der Waals surface area contributed by atoms with Gasteiger partial charge in [0.15, 0.2) is 10.8 Å². The third kappa shape index (κ3) is 2.51. The molecule has 0 amide bonds. The van der Waals surface area contributed by atoms with Gasteiger partial charge in [0.1, 0.15) is 0 Å². The summed E-state index contributed by atoms with van der Waals surface area (Å²) in [5.41, 5.74) is -0.0895. The number of hydrogen-bond donors (Lipinski definition) is 2. The summed E-state index contributed by atoms with van der Waals surface area (Å²) in [5, 5.41) is 4.00. The first-order valence-electron chi connectivity index (χ1n) is 4.29. The van der Waals surface area contributed by atoms with Gasteiger partial charge < -0.3 is 10.3 Å². The molecule has 2 heterocycles. The number of halogens is 3. The third-order valence-electron chi connectivity index (χ3n) is 1.78. The summed E-state index contributed by atoms with van der Waals surface area (Å²) in [6.07, 6.45) is -1.30. The van der Waals surface area contributed by atoms with Gasteiger partial charge in [-0.05, 0) is 0 Å². The molecule has 0 radical (unpaired) electrons. The molecule has 4 nitrogen and oxygen atoms in total. The maximum absolute atomic E-state index is 12.2. The van der Waals surface area contributed by atoms with Crippen LogP contribution >= 0.6 is 11.3 Å². The highest BCUT2D eigenvalue weighted by atomic mass is 32.1. The standard InChI is InChI=1S/C8H7F3N4S/c9-8(10,11)6-3-16-7(15-6)13-2-5-1-12-4-14-5/h1,3-4H,2H2,(H,12,14)(H,13,15). The van der Waals surface area contributed by atoms with Crippen LogP contribution in [0.2, 0.25) is 0 Å². The molecular weight excluding hydrogens is 241 g/mol. The van der Waals surface area contributed by atoms with Crippen LogP contribution in [0.15, 0.2) is 17.9 Å². The molecule has 0 fully saturated rings. The van der Waals surface area contributed by atoms with E-state index in [2.05, 4.69) is 20.3 Å². The first-order chi connectivity index (χ1) is 7.55. The largest absolute Gasteiger partial charge is 0.434 e. The van der Waals surface area contributed by atoms with E-state index in [9.17, 15) is 13.2 Å². The summed E-state index contributed by atoms with van der Waals surface area (Å²) in [6, 6.07) is 0. The van der Waals surface area contributed by atoms with Crippen molar-refractivity contribution in [1.29, 1.82) is 0 Å². The van der Waals surface area contributed by atoms with Crippen LogP contribution < -0.4 is 5.32 Å². The number of hydrogen-bond acceptors (Lipinski definition) is 4. The highest BCUT2D eigenvalue weighted by Gasteiger charge is 2.33. The molecule has 0 atom stereocenters. The predicted molar refractivity (Wildman–Crippen MR) is 53.0 cm³/mol. The second-order valence-electron chi connectivity index (χ2n) is 2.97. The lowest BCUT2D eigenvalue weighted by molar-refractivity contribution is -0.140. The number of nitrogens with one attached hydrogen (secondary N) is 2. The third-order valence-corrected chi connectivity index (χ3v) is 2.58. The zero-order valence-corrected chi connectivity index (χ0v) is 8.69. The number of aromatic amines is 1. The van der Waals surface area contributed by atoms with Gasteiger partial charge in [0.05, 0.1) is 18.6 Å². The van der Waals surface area contributed by atoms with Gasteiger partial charge in [-0.2, -0.15) is 13.2 Å². The summed E-state index contributed by atoms with van der Waals surface area (Å²) < 4.78 is 36.6. The number of aromatic nitrogens is 3. The van der Waals surface area contributed by atoms with Gasteiger partial charge in [0, 0.05) is 11.6 Å². The molecule has 2 rings (SSSR count). The van der Waals surface area contributed by atoms with Crippen molar-refractivity contribution in [3.05, 3.63) is 29.3 Å². The van der Waals surface area contributed by atoms with E-state index >= 15 is 0 Å². The molecule has 8 heteroatoms. The van der Waals surface area contributed by atoms with E-state index in [0.29, 0.717) is 6.54 Å². The lowest BCUT2D eigenvalue weighted by Crippen LogP contribution is -2.06. The minimum absolute atomic E-state index is 0.238. The Morgan fingerprint density at radius 1 is 1.44 bits per heavy atom. The molecule has 2 N–H and O–H groups in total. The molecule has 16 heavy (non-hydrogen) atoms. The fourth-order valence-electron chi connectivity index (χ4n) is 1.04. The van der Waals surface area contributed by atoms with Gasteiger partial charge in [-0.3, -0.25) is 0 Å². The van der Waals surface area contributed by atoms with E-state index in [-0.39, 0.29) is 5.13 Å². The van der Waals surface area contributed by atoms with Gasteiger partial charge in [0.25, 0.3) is 0 Å². The topological polar surface area (TPSA) is 53.6 Å². The number of rotatable bonds is 3. The van der Waals surface area contributed by atoms with Crippen LogP contribution in [0.1, 0.15) is 11.4 Å². The monoisotopic (exact) mass is 248 g/mol. The zero-order valence-electron chi connectivity index (χ0n) is 7.88. The molecule has 2 aromatic rings. The Labute approximate surface area is 92.6 Å². The SMILES string of the molecule is FC(F)(F)c1csc(NCc2cnc[nH]2)n1. The summed E-state index contributed by atoms with van der Waals surface area (Å²) in [5.74, 6) is 0. The Kier molecular flexibility index (Phi) is 2.82. The van der Waals surface area contributed by atoms with Crippen molar-refractivity contribution >= 4 is 16.5 Å². The Morgan fingerprint density at radius 3 is 2.81 bits per heavy atom. The summed E-state index contributed by atoms with van der Waals surface area (Å²) in [4.78, 5) is 10.0. The summed E-state index contributed by atoms with van der Waals surface area (Å²) >= 11 is 0.922. The van der Waals surface area contributed by atoms with E-state index in [4.69, 9.17) is 0 Å². The van der Waals surface area contributed by atoms with Gasteiger partial charge >= 0.3 is 6.18 Å². The first-order valence-corrected chi connectivity index (χ1v) is 5.17. The quantitative estimate of drug-likeness (QED) is 0.877. The highest BCUT2D eigenvalue weighted by molar-refractivity contribution is 7.13. The van der Waals surface area contributed by atoms with Crippen molar-refractivity contribution in [2.45, 2.75) is 12.7 Å². The minimum atomic E-state index is -4.38. The molecular formula is C8H7F3N4S. The Morgan fingerprint density at radius 2 is 2.25 bits per heavy atom. The van der Waals surface area contributed by atoms with Crippen molar-refractivity contribution < 1.29 is 13.2 Å². The normalized spacial score (nSPS) is 11.7. The molecule has 86 valence electrons. The molecule has 0 aromatic carbocycles. The second-order valence-corrected chi connectivity index (χ2v) is 3.82. The molecule has 0 saturated heterocycles. The molecule has 0 aliphatic rings. The van der Waals surface area contributed by atoms with Crippen molar-refractivity contribution in [1.82, 2.24) is 15.0 Å². The maximum atomic E-state index is 12.2. The van der Waals surface area contributed by atoms with Crippen LogP contribution in [0.5, 0.6) is 0 Å². The molecule has 0 aliphatic carbocycles. The fraction of sp³-hybridized carbons (Fsp3) is 0.250. The highest BCUT2D eigenvalue weighted by Crippen LogP contribution is 2.31. The Hall–Kier alpha value is -1.57. The maximum Gasteiger partial charge on any atom is 0.434 e.